The van der Waals surface area contributed by atoms with E-state index in [4.69, 9.17) is 0 Å². The van der Waals surface area contributed by atoms with Crippen LogP contribution in [0.2, 0.25) is 0 Å². The van der Waals surface area contributed by atoms with Crippen molar-refractivity contribution in [3.63, 3.8) is 0 Å². The molecule has 1 aliphatic heterocycles. The summed E-state index contributed by atoms with van der Waals surface area (Å²) in [5, 5.41) is 0. The van der Waals surface area contributed by atoms with Crippen LogP contribution >= 0.6 is 0 Å². The molecular formula is C14H25N. The average molecular weight is 207 g/mol. The van der Waals surface area contributed by atoms with Crippen LogP contribution in [0.15, 0.2) is 11.6 Å². The van der Waals surface area contributed by atoms with Gasteiger partial charge in [0.2, 0.25) is 0 Å². The lowest BCUT2D eigenvalue weighted by Crippen LogP contribution is -2.34. The van der Waals surface area contributed by atoms with Crippen molar-refractivity contribution in [2.75, 3.05) is 19.6 Å². The summed E-state index contributed by atoms with van der Waals surface area (Å²) in [5.41, 5.74) is 1.59. The second kappa shape index (κ2) is 5.16. The molecule has 0 N–H and O–H groups in total. The van der Waals surface area contributed by atoms with E-state index < -0.39 is 0 Å². The van der Waals surface area contributed by atoms with Crippen molar-refractivity contribution in [3.05, 3.63) is 11.6 Å². The molecule has 86 valence electrons. The maximum Gasteiger partial charge on any atom is 0.0165 e. The van der Waals surface area contributed by atoms with Crippen LogP contribution in [0.1, 0.15) is 46.0 Å². The Bertz CT molecular complexity index is 223. The molecule has 0 aromatic heterocycles. The van der Waals surface area contributed by atoms with Crippen molar-refractivity contribution in [3.8, 4) is 0 Å². The fourth-order valence-electron chi connectivity index (χ4n) is 2.86. The largest absolute Gasteiger partial charge is 0.299 e. The van der Waals surface area contributed by atoms with Crippen molar-refractivity contribution in [2.24, 2.45) is 11.8 Å². The lowest BCUT2D eigenvalue weighted by atomic mass is 9.82. The molecule has 0 unspecified atom stereocenters. The number of hydrogen-bond donors (Lipinski definition) is 0. The van der Waals surface area contributed by atoms with Crippen LogP contribution < -0.4 is 0 Å². The monoisotopic (exact) mass is 207 g/mol. The second-order valence-corrected chi connectivity index (χ2v) is 5.69. The molecule has 1 heterocycles. The minimum Gasteiger partial charge on any atom is -0.299 e. The number of nitrogens with zero attached hydrogens (tertiary/aromatic N) is 1. The Labute approximate surface area is 94.5 Å². The van der Waals surface area contributed by atoms with Crippen LogP contribution in [0.4, 0.5) is 0 Å². The smallest absolute Gasteiger partial charge is 0.0165 e. The van der Waals surface area contributed by atoms with Crippen molar-refractivity contribution >= 4 is 0 Å². The van der Waals surface area contributed by atoms with E-state index >= 15 is 0 Å². The standard InChI is InChI=1S/C14H25N/c1-12-3-5-14(6-4-12)11-15-9-7-13(2)8-10-15/h7,12,14H,3-6,8-11H2,1-2H3. The van der Waals surface area contributed by atoms with Gasteiger partial charge in [-0.15, -0.1) is 0 Å². The van der Waals surface area contributed by atoms with Gasteiger partial charge >= 0.3 is 0 Å². The van der Waals surface area contributed by atoms with E-state index in [9.17, 15) is 0 Å². The summed E-state index contributed by atoms with van der Waals surface area (Å²) in [7, 11) is 0. The minimum atomic E-state index is 0.991. The zero-order chi connectivity index (χ0) is 10.7. The van der Waals surface area contributed by atoms with Gasteiger partial charge in [0.1, 0.15) is 0 Å². The maximum atomic E-state index is 2.65. The highest BCUT2D eigenvalue weighted by Gasteiger charge is 2.21. The Kier molecular flexibility index (Phi) is 3.85. The van der Waals surface area contributed by atoms with E-state index in [-0.39, 0.29) is 0 Å². The Morgan fingerprint density at radius 2 is 2.00 bits per heavy atom. The molecule has 0 amide bonds. The fraction of sp³-hybridized carbons (Fsp3) is 0.857. The van der Waals surface area contributed by atoms with E-state index in [0.29, 0.717) is 0 Å². The van der Waals surface area contributed by atoms with E-state index in [2.05, 4.69) is 24.8 Å². The van der Waals surface area contributed by atoms with Gasteiger partial charge in [-0.25, -0.2) is 0 Å². The van der Waals surface area contributed by atoms with Gasteiger partial charge in [-0.2, -0.15) is 0 Å². The SMILES string of the molecule is CC1=CCN(CC2CCC(C)CC2)CC1. The predicted octanol–water partition coefficient (Wildman–Crippen LogP) is 3.46. The van der Waals surface area contributed by atoms with Crippen LogP contribution in [0.3, 0.4) is 0 Å². The van der Waals surface area contributed by atoms with Crippen LogP contribution in [0, 0.1) is 11.8 Å². The summed E-state index contributed by atoms with van der Waals surface area (Å²) in [6, 6.07) is 0. The van der Waals surface area contributed by atoms with Crippen molar-refractivity contribution in [1.29, 1.82) is 0 Å². The van der Waals surface area contributed by atoms with Gasteiger partial charge in [-0.05, 0) is 38.0 Å². The summed E-state index contributed by atoms with van der Waals surface area (Å²) in [6.07, 6.45) is 9.58. The van der Waals surface area contributed by atoms with Gasteiger partial charge in [0.25, 0.3) is 0 Å². The van der Waals surface area contributed by atoms with Crippen molar-refractivity contribution in [2.45, 2.75) is 46.0 Å². The molecule has 1 fully saturated rings. The lowest BCUT2D eigenvalue weighted by Gasteiger charge is -2.32. The van der Waals surface area contributed by atoms with E-state index in [1.54, 1.807) is 5.57 Å². The van der Waals surface area contributed by atoms with Crippen molar-refractivity contribution in [1.82, 2.24) is 4.90 Å². The molecule has 0 aromatic carbocycles. The summed E-state index contributed by atoms with van der Waals surface area (Å²) >= 11 is 0. The molecule has 2 aliphatic rings. The first-order chi connectivity index (χ1) is 7.24. The zero-order valence-electron chi connectivity index (χ0n) is 10.3. The Balaban J connectivity index is 1.73. The molecule has 1 nitrogen and oxygen atoms in total. The molecule has 0 spiro atoms. The zero-order valence-corrected chi connectivity index (χ0v) is 10.3. The number of hydrogen-bond acceptors (Lipinski definition) is 1. The third-order valence-electron chi connectivity index (χ3n) is 4.17. The quantitative estimate of drug-likeness (QED) is 0.627. The first-order valence-corrected chi connectivity index (χ1v) is 6.62. The number of rotatable bonds is 2. The molecule has 0 bridgehead atoms. The molecule has 15 heavy (non-hydrogen) atoms. The van der Waals surface area contributed by atoms with Gasteiger partial charge in [0, 0.05) is 19.6 Å². The van der Waals surface area contributed by atoms with Gasteiger partial charge in [-0.3, -0.25) is 4.90 Å². The van der Waals surface area contributed by atoms with Crippen LogP contribution in [-0.2, 0) is 0 Å². The fourth-order valence-corrected chi connectivity index (χ4v) is 2.86. The molecule has 0 saturated heterocycles. The third kappa shape index (κ3) is 3.34. The summed E-state index contributed by atoms with van der Waals surface area (Å²) in [4.78, 5) is 2.65. The normalized spacial score (nSPS) is 33.9. The average Bonchev–Trinajstić information content (AvgIpc) is 2.25. The van der Waals surface area contributed by atoms with Gasteiger partial charge in [0.05, 0.1) is 0 Å². The lowest BCUT2D eigenvalue weighted by molar-refractivity contribution is 0.193. The molecule has 1 aliphatic carbocycles. The molecule has 0 atom stereocenters. The third-order valence-corrected chi connectivity index (χ3v) is 4.17. The molecule has 1 saturated carbocycles. The highest BCUT2D eigenvalue weighted by atomic mass is 15.1. The second-order valence-electron chi connectivity index (χ2n) is 5.69. The first-order valence-electron chi connectivity index (χ1n) is 6.62. The highest BCUT2D eigenvalue weighted by molar-refractivity contribution is 5.03. The molecule has 0 radical (unpaired) electrons. The Morgan fingerprint density at radius 3 is 2.60 bits per heavy atom. The van der Waals surface area contributed by atoms with Gasteiger partial charge < -0.3 is 0 Å². The summed E-state index contributed by atoms with van der Waals surface area (Å²) in [5.74, 6) is 1.98. The highest BCUT2D eigenvalue weighted by Crippen LogP contribution is 2.29. The molecular weight excluding hydrogens is 182 g/mol. The summed E-state index contributed by atoms with van der Waals surface area (Å²) < 4.78 is 0. The predicted molar refractivity (Wildman–Crippen MR) is 65.9 cm³/mol. The maximum absolute atomic E-state index is 2.65. The molecule has 0 aromatic rings. The van der Waals surface area contributed by atoms with Crippen LogP contribution in [0.5, 0.6) is 0 Å². The molecule has 2 rings (SSSR count). The Morgan fingerprint density at radius 1 is 1.27 bits per heavy atom. The van der Waals surface area contributed by atoms with E-state index in [0.717, 1.165) is 11.8 Å². The minimum absolute atomic E-state index is 0.991. The van der Waals surface area contributed by atoms with Gasteiger partial charge in [0.15, 0.2) is 0 Å². The molecule has 1 heteroatoms. The van der Waals surface area contributed by atoms with Gasteiger partial charge in [-0.1, -0.05) is 31.4 Å². The van der Waals surface area contributed by atoms with Crippen molar-refractivity contribution < 1.29 is 0 Å². The topological polar surface area (TPSA) is 3.24 Å². The van der Waals surface area contributed by atoms with Crippen LogP contribution in [-0.4, -0.2) is 24.5 Å². The summed E-state index contributed by atoms with van der Waals surface area (Å²) in [6.45, 7) is 8.53. The van der Waals surface area contributed by atoms with Crippen LogP contribution in [0.25, 0.3) is 0 Å². The Hall–Kier alpha value is -0.300. The van der Waals surface area contributed by atoms with E-state index in [1.165, 1.54) is 51.7 Å². The first kappa shape index (κ1) is 11.2. The van der Waals surface area contributed by atoms with E-state index in [1.807, 2.05) is 0 Å².